The summed E-state index contributed by atoms with van der Waals surface area (Å²) in [6.07, 6.45) is 0. The molecule has 1 unspecified atom stereocenters. The molecule has 0 aliphatic heterocycles. The summed E-state index contributed by atoms with van der Waals surface area (Å²) in [5, 5.41) is -0.132. The molecule has 0 spiro atoms. The number of hydrogen-bond acceptors (Lipinski definition) is 0. The quantitative estimate of drug-likeness (QED) is 0.541. The number of alkyl halides is 1. The Morgan fingerprint density at radius 3 is 1.85 bits per heavy atom. The van der Waals surface area contributed by atoms with Gasteiger partial charge in [0.1, 0.15) is 0 Å². The molecule has 0 aliphatic carbocycles. The van der Waals surface area contributed by atoms with Crippen molar-refractivity contribution in [1.29, 1.82) is 0 Å². The first-order valence-corrected chi connectivity index (χ1v) is 7.13. The number of benzene rings is 3. The normalized spacial score (nSPS) is 12.1. The number of rotatable bonds is 3. The van der Waals surface area contributed by atoms with Gasteiger partial charge in [-0.05, 0) is 22.3 Å². The smallest absolute Gasteiger partial charge is 0.0841 e. The lowest BCUT2D eigenvalue weighted by atomic mass is 9.95. The van der Waals surface area contributed by atoms with Crippen LogP contribution in [0.5, 0.6) is 0 Å². The van der Waals surface area contributed by atoms with Crippen molar-refractivity contribution in [2.24, 2.45) is 0 Å². The highest BCUT2D eigenvalue weighted by atomic mass is 35.5. The van der Waals surface area contributed by atoms with Gasteiger partial charge in [-0.15, -0.1) is 11.6 Å². The molecule has 3 aromatic carbocycles. The molecule has 0 N–H and O–H groups in total. The Morgan fingerprint density at radius 1 is 0.600 bits per heavy atom. The maximum atomic E-state index is 6.69. The molecule has 1 atom stereocenters. The fourth-order valence-electron chi connectivity index (χ4n) is 2.40. The van der Waals surface area contributed by atoms with E-state index < -0.39 is 0 Å². The molecule has 3 aromatic rings. The fourth-order valence-corrected chi connectivity index (χ4v) is 2.74. The van der Waals surface area contributed by atoms with Gasteiger partial charge < -0.3 is 0 Å². The lowest BCUT2D eigenvalue weighted by molar-refractivity contribution is 1.14. The van der Waals surface area contributed by atoms with E-state index in [0.717, 1.165) is 11.1 Å². The summed E-state index contributed by atoms with van der Waals surface area (Å²) in [6, 6.07) is 28.9. The van der Waals surface area contributed by atoms with Gasteiger partial charge in [0.05, 0.1) is 5.38 Å². The summed E-state index contributed by atoms with van der Waals surface area (Å²) in [4.78, 5) is 0. The molecule has 0 radical (unpaired) electrons. The Balaban J connectivity index is 2.07. The van der Waals surface area contributed by atoms with E-state index in [1.807, 2.05) is 30.3 Å². The molecule has 0 bridgehead atoms. The van der Waals surface area contributed by atoms with Crippen molar-refractivity contribution < 1.29 is 0 Å². The van der Waals surface area contributed by atoms with E-state index in [0.29, 0.717) is 0 Å². The molecule has 0 fully saturated rings. The van der Waals surface area contributed by atoms with Crippen LogP contribution in [0.1, 0.15) is 16.5 Å². The molecule has 20 heavy (non-hydrogen) atoms. The molecule has 0 saturated heterocycles. The summed E-state index contributed by atoms with van der Waals surface area (Å²) in [7, 11) is 0. The van der Waals surface area contributed by atoms with E-state index in [1.54, 1.807) is 0 Å². The van der Waals surface area contributed by atoms with E-state index in [1.165, 1.54) is 11.1 Å². The van der Waals surface area contributed by atoms with Crippen LogP contribution in [0.15, 0.2) is 84.9 Å². The van der Waals surface area contributed by atoms with Gasteiger partial charge >= 0.3 is 0 Å². The topological polar surface area (TPSA) is 0 Å². The van der Waals surface area contributed by atoms with Gasteiger partial charge in [0.2, 0.25) is 0 Å². The van der Waals surface area contributed by atoms with E-state index in [9.17, 15) is 0 Å². The average molecular weight is 279 g/mol. The van der Waals surface area contributed by atoms with E-state index in [-0.39, 0.29) is 5.38 Å². The predicted molar refractivity (Wildman–Crippen MR) is 86.0 cm³/mol. The number of hydrogen-bond donors (Lipinski definition) is 0. The van der Waals surface area contributed by atoms with E-state index in [4.69, 9.17) is 11.6 Å². The molecule has 98 valence electrons. The summed E-state index contributed by atoms with van der Waals surface area (Å²) < 4.78 is 0. The summed E-state index contributed by atoms with van der Waals surface area (Å²) in [6.45, 7) is 0. The van der Waals surface area contributed by atoms with Gasteiger partial charge in [-0.25, -0.2) is 0 Å². The molecule has 3 rings (SSSR count). The van der Waals surface area contributed by atoms with Crippen molar-refractivity contribution in [3.63, 3.8) is 0 Å². The van der Waals surface area contributed by atoms with Crippen LogP contribution >= 0.6 is 11.6 Å². The zero-order valence-electron chi connectivity index (χ0n) is 11.0. The minimum Gasteiger partial charge on any atom is -0.113 e. The first-order chi connectivity index (χ1) is 9.86. The minimum atomic E-state index is -0.132. The highest BCUT2D eigenvalue weighted by Gasteiger charge is 2.14. The molecular weight excluding hydrogens is 264 g/mol. The van der Waals surface area contributed by atoms with Gasteiger partial charge in [-0.1, -0.05) is 84.9 Å². The summed E-state index contributed by atoms with van der Waals surface area (Å²) in [5.41, 5.74) is 4.66. The lowest BCUT2D eigenvalue weighted by Crippen LogP contribution is -1.96. The van der Waals surface area contributed by atoms with Crippen molar-refractivity contribution >= 4 is 11.6 Å². The molecule has 0 saturated carbocycles. The van der Waals surface area contributed by atoms with Crippen LogP contribution in [-0.2, 0) is 0 Å². The molecule has 0 amide bonds. The van der Waals surface area contributed by atoms with Crippen molar-refractivity contribution in [3.8, 4) is 11.1 Å². The Labute approximate surface area is 124 Å². The SMILES string of the molecule is ClC(c1ccccc1)c1ccccc1-c1ccccc1. The van der Waals surface area contributed by atoms with E-state index >= 15 is 0 Å². The lowest BCUT2D eigenvalue weighted by Gasteiger charge is -2.15. The summed E-state index contributed by atoms with van der Waals surface area (Å²) in [5.74, 6) is 0. The molecule has 0 heterocycles. The molecular formula is C19H15Cl. The standard InChI is InChI=1S/C19H15Cl/c20-19(16-11-5-2-6-12-16)18-14-8-7-13-17(18)15-9-3-1-4-10-15/h1-14,19H. The third-order valence-corrected chi connectivity index (χ3v) is 3.90. The van der Waals surface area contributed by atoms with Gasteiger partial charge in [-0.2, -0.15) is 0 Å². The minimum absolute atomic E-state index is 0.132. The Morgan fingerprint density at radius 2 is 1.15 bits per heavy atom. The maximum absolute atomic E-state index is 6.69. The molecule has 0 aliphatic rings. The van der Waals surface area contributed by atoms with Crippen molar-refractivity contribution in [1.82, 2.24) is 0 Å². The summed E-state index contributed by atoms with van der Waals surface area (Å²) >= 11 is 6.69. The van der Waals surface area contributed by atoms with Crippen LogP contribution in [0.25, 0.3) is 11.1 Å². The molecule has 1 heteroatoms. The second-order valence-corrected chi connectivity index (χ2v) is 5.16. The van der Waals surface area contributed by atoms with Crippen molar-refractivity contribution in [3.05, 3.63) is 96.1 Å². The molecule has 0 nitrogen and oxygen atoms in total. The monoisotopic (exact) mass is 278 g/mol. The van der Waals surface area contributed by atoms with Gasteiger partial charge in [0.15, 0.2) is 0 Å². The predicted octanol–water partition coefficient (Wildman–Crippen LogP) is 5.68. The van der Waals surface area contributed by atoms with Gasteiger partial charge in [0, 0.05) is 0 Å². The second-order valence-electron chi connectivity index (χ2n) is 4.73. The van der Waals surface area contributed by atoms with Crippen LogP contribution in [0.4, 0.5) is 0 Å². The zero-order valence-corrected chi connectivity index (χ0v) is 11.8. The zero-order chi connectivity index (χ0) is 13.8. The second kappa shape index (κ2) is 5.94. The Kier molecular flexibility index (Phi) is 3.85. The van der Waals surface area contributed by atoms with Crippen molar-refractivity contribution in [2.75, 3.05) is 0 Å². The van der Waals surface area contributed by atoms with Crippen LogP contribution in [0.3, 0.4) is 0 Å². The largest absolute Gasteiger partial charge is 0.113 e. The Hall–Kier alpha value is -2.05. The van der Waals surface area contributed by atoms with E-state index in [2.05, 4.69) is 54.6 Å². The maximum Gasteiger partial charge on any atom is 0.0841 e. The van der Waals surface area contributed by atoms with Crippen LogP contribution in [0.2, 0.25) is 0 Å². The van der Waals surface area contributed by atoms with Crippen LogP contribution in [0, 0.1) is 0 Å². The third-order valence-electron chi connectivity index (χ3n) is 3.41. The highest BCUT2D eigenvalue weighted by Crippen LogP contribution is 2.35. The first-order valence-electron chi connectivity index (χ1n) is 6.69. The average Bonchev–Trinajstić information content (AvgIpc) is 2.56. The Bertz CT molecular complexity index is 674. The van der Waals surface area contributed by atoms with Crippen LogP contribution in [-0.4, -0.2) is 0 Å². The number of halogens is 1. The van der Waals surface area contributed by atoms with Gasteiger partial charge in [-0.3, -0.25) is 0 Å². The van der Waals surface area contributed by atoms with Crippen molar-refractivity contribution in [2.45, 2.75) is 5.38 Å². The van der Waals surface area contributed by atoms with Gasteiger partial charge in [0.25, 0.3) is 0 Å². The molecule has 0 aromatic heterocycles. The first kappa shape index (κ1) is 13.0. The van der Waals surface area contributed by atoms with Crippen LogP contribution < -0.4 is 0 Å². The fraction of sp³-hybridized carbons (Fsp3) is 0.0526. The highest BCUT2D eigenvalue weighted by molar-refractivity contribution is 6.23. The third kappa shape index (κ3) is 2.61.